The molecule has 0 fully saturated rings. The number of nitroso groups, excluding NO2 is 2. The van der Waals surface area contributed by atoms with E-state index in [4.69, 9.17) is 0 Å². The van der Waals surface area contributed by atoms with Crippen LogP contribution < -0.4 is 0 Å². The highest BCUT2D eigenvalue weighted by molar-refractivity contribution is 6.39. The van der Waals surface area contributed by atoms with Gasteiger partial charge in [0, 0.05) is 16.5 Å². The number of pyridine rings is 1. The predicted octanol–water partition coefficient (Wildman–Crippen LogP) is 6.52. The van der Waals surface area contributed by atoms with Gasteiger partial charge in [0.1, 0.15) is 22.8 Å². The number of aliphatic hydroxyl groups excluding tert-OH is 1. The monoisotopic (exact) mass is 477 g/mol. The van der Waals surface area contributed by atoms with Gasteiger partial charge in [-0.15, -0.1) is 9.81 Å². The quantitative estimate of drug-likeness (QED) is 0.237. The summed E-state index contributed by atoms with van der Waals surface area (Å²) in [6, 6.07) is 17.6. The molecule has 2 N–H and O–H groups in total. The van der Waals surface area contributed by atoms with Crippen molar-refractivity contribution in [2.75, 3.05) is 0 Å². The Labute approximate surface area is 203 Å². The molecular weight excluding hydrogens is 462 g/mol. The van der Waals surface area contributed by atoms with Gasteiger partial charge < -0.3 is 10.2 Å². The fraction of sp³-hybridized carbons (Fsp3) is 0. The number of aromatic carboxylic acids is 1. The molecule has 0 radical (unpaired) electrons. The van der Waals surface area contributed by atoms with Gasteiger partial charge in [-0.2, -0.15) is 0 Å². The Balaban J connectivity index is 1.51. The number of hydrogen-bond acceptors (Lipinski definition) is 8. The normalized spacial score (nSPS) is 12.8. The van der Waals surface area contributed by atoms with E-state index in [1.165, 1.54) is 18.2 Å². The van der Waals surface area contributed by atoms with Crippen LogP contribution in [0.3, 0.4) is 0 Å². The summed E-state index contributed by atoms with van der Waals surface area (Å²) in [6.45, 7) is 0. The molecule has 1 heterocycles. The maximum Gasteiger partial charge on any atom is 0.338 e. The molecule has 0 saturated heterocycles. The van der Waals surface area contributed by atoms with Gasteiger partial charge in [0.25, 0.3) is 0 Å². The van der Waals surface area contributed by atoms with Gasteiger partial charge in [0.05, 0.1) is 16.7 Å². The van der Waals surface area contributed by atoms with Crippen LogP contribution in [-0.4, -0.2) is 26.9 Å². The standard InChI is InChI=1S/C27H15N3O6/c31-25-17-9-7-14(5-6-15-8-10-21(29-35)19(12-15)27(33)34)11-18(17)26(32)23(25)24-22(30-36)13-16-3-1-2-4-20(16)28-24/h1-13,31H,(H,33,34)/b6-5+. The molecule has 0 spiro atoms. The molecular formula is C27H15N3O6. The first kappa shape index (κ1) is 22.5. The summed E-state index contributed by atoms with van der Waals surface area (Å²) in [5.74, 6) is -2.06. The summed E-state index contributed by atoms with van der Waals surface area (Å²) in [4.78, 5) is 51.4. The minimum absolute atomic E-state index is 0.00423. The highest BCUT2D eigenvalue weighted by Gasteiger charge is 2.33. The average molecular weight is 477 g/mol. The molecule has 36 heavy (non-hydrogen) atoms. The summed E-state index contributed by atoms with van der Waals surface area (Å²) in [6.07, 6.45) is 3.28. The van der Waals surface area contributed by atoms with Crippen LogP contribution in [0.5, 0.6) is 0 Å². The van der Waals surface area contributed by atoms with Crippen molar-refractivity contribution >= 4 is 57.5 Å². The molecule has 3 aromatic carbocycles. The van der Waals surface area contributed by atoms with Crippen LogP contribution in [0.15, 0.2) is 77.1 Å². The number of nitrogens with zero attached hydrogens (tertiary/aromatic N) is 3. The fourth-order valence-electron chi connectivity index (χ4n) is 4.12. The topological polar surface area (TPSA) is 146 Å². The summed E-state index contributed by atoms with van der Waals surface area (Å²) in [5.41, 5.74) is 1.63. The maximum atomic E-state index is 13.3. The van der Waals surface area contributed by atoms with Crippen molar-refractivity contribution in [3.63, 3.8) is 0 Å². The smallest absolute Gasteiger partial charge is 0.338 e. The highest BCUT2D eigenvalue weighted by atomic mass is 16.4. The van der Waals surface area contributed by atoms with Gasteiger partial charge >= 0.3 is 5.97 Å². The second kappa shape index (κ2) is 8.80. The van der Waals surface area contributed by atoms with Crippen LogP contribution in [-0.2, 0) is 0 Å². The van der Waals surface area contributed by atoms with E-state index in [0.29, 0.717) is 27.6 Å². The summed E-state index contributed by atoms with van der Waals surface area (Å²) in [7, 11) is 0. The Hall–Kier alpha value is -5.31. The number of carbonyl (C=O) groups is 2. The number of rotatable bonds is 6. The molecule has 174 valence electrons. The molecule has 0 saturated carbocycles. The number of hydrogen-bond donors (Lipinski definition) is 2. The van der Waals surface area contributed by atoms with E-state index in [1.54, 1.807) is 60.7 Å². The Morgan fingerprint density at radius 1 is 0.833 bits per heavy atom. The summed E-state index contributed by atoms with van der Waals surface area (Å²) >= 11 is 0. The molecule has 5 rings (SSSR count). The number of carbonyl (C=O) groups excluding carboxylic acids is 1. The van der Waals surface area contributed by atoms with Crippen molar-refractivity contribution in [1.29, 1.82) is 0 Å². The lowest BCUT2D eigenvalue weighted by molar-refractivity contribution is 0.0697. The number of Topliss-reactive ketones (excluding diaryl/α,β-unsaturated/α-hetero) is 1. The fourth-order valence-corrected chi connectivity index (χ4v) is 4.12. The Kier molecular flexibility index (Phi) is 5.50. The highest BCUT2D eigenvalue weighted by Crippen LogP contribution is 2.40. The minimum atomic E-state index is -1.27. The average Bonchev–Trinajstić information content (AvgIpc) is 3.15. The predicted molar refractivity (Wildman–Crippen MR) is 135 cm³/mol. The van der Waals surface area contributed by atoms with E-state index in [9.17, 15) is 29.6 Å². The van der Waals surface area contributed by atoms with E-state index < -0.39 is 11.8 Å². The van der Waals surface area contributed by atoms with Crippen molar-refractivity contribution in [3.8, 4) is 0 Å². The summed E-state index contributed by atoms with van der Waals surface area (Å²) < 4.78 is 0. The van der Waals surface area contributed by atoms with Crippen molar-refractivity contribution in [2.45, 2.75) is 0 Å². The second-order valence-corrected chi connectivity index (χ2v) is 8.00. The van der Waals surface area contributed by atoms with Gasteiger partial charge in [0.2, 0.25) is 0 Å². The Morgan fingerprint density at radius 2 is 1.53 bits per heavy atom. The van der Waals surface area contributed by atoms with E-state index in [0.717, 1.165) is 0 Å². The van der Waals surface area contributed by atoms with Crippen molar-refractivity contribution < 1.29 is 19.8 Å². The van der Waals surface area contributed by atoms with Gasteiger partial charge in [-0.3, -0.25) is 4.79 Å². The third kappa shape index (κ3) is 3.74. The van der Waals surface area contributed by atoms with Crippen LogP contribution in [0.2, 0.25) is 0 Å². The van der Waals surface area contributed by atoms with Crippen LogP contribution in [0, 0.1) is 9.81 Å². The zero-order valence-corrected chi connectivity index (χ0v) is 18.4. The lowest BCUT2D eigenvalue weighted by Gasteiger charge is -2.06. The SMILES string of the molecule is O=Nc1ccc(/C=C/c2ccc3c(c2)C(=O)C(c2nc4ccccc4cc2N=O)=C3O)cc1C(=O)O. The lowest BCUT2D eigenvalue weighted by Crippen LogP contribution is -2.01. The lowest BCUT2D eigenvalue weighted by atomic mass is 10.0. The Bertz CT molecular complexity index is 1690. The van der Waals surface area contributed by atoms with Crippen molar-refractivity contribution in [2.24, 2.45) is 10.4 Å². The van der Waals surface area contributed by atoms with Crippen molar-refractivity contribution in [3.05, 3.63) is 110 Å². The van der Waals surface area contributed by atoms with E-state index in [-0.39, 0.29) is 39.5 Å². The van der Waals surface area contributed by atoms with Gasteiger partial charge in [-0.05, 0) is 57.9 Å². The first-order valence-electron chi connectivity index (χ1n) is 10.7. The maximum absolute atomic E-state index is 13.3. The van der Waals surface area contributed by atoms with Crippen LogP contribution in [0.25, 0.3) is 34.4 Å². The number of aromatic nitrogens is 1. The third-order valence-corrected chi connectivity index (χ3v) is 5.86. The van der Waals surface area contributed by atoms with Gasteiger partial charge in [-0.1, -0.05) is 42.5 Å². The number of ketones is 1. The molecule has 0 aliphatic heterocycles. The number of allylic oxidation sites excluding steroid dienone is 1. The number of carboxylic acids is 1. The Morgan fingerprint density at radius 3 is 2.25 bits per heavy atom. The number of para-hydroxylation sites is 1. The second-order valence-electron chi connectivity index (χ2n) is 8.00. The third-order valence-electron chi connectivity index (χ3n) is 5.86. The molecule has 0 unspecified atom stereocenters. The molecule has 0 atom stereocenters. The van der Waals surface area contributed by atoms with E-state index >= 15 is 0 Å². The molecule has 1 aliphatic rings. The molecule has 9 nitrogen and oxygen atoms in total. The minimum Gasteiger partial charge on any atom is -0.506 e. The summed E-state index contributed by atoms with van der Waals surface area (Å²) in [5, 5.41) is 26.5. The van der Waals surface area contributed by atoms with Crippen LogP contribution in [0.4, 0.5) is 11.4 Å². The number of carboxylic acid groups (broad SMARTS) is 1. The van der Waals surface area contributed by atoms with Crippen LogP contribution in [0.1, 0.15) is 43.1 Å². The molecule has 0 amide bonds. The number of benzene rings is 3. The van der Waals surface area contributed by atoms with Gasteiger partial charge in [0.15, 0.2) is 5.78 Å². The van der Waals surface area contributed by atoms with Crippen LogP contribution >= 0.6 is 0 Å². The number of fused-ring (bicyclic) bond motifs is 2. The first-order valence-corrected chi connectivity index (χ1v) is 10.7. The van der Waals surface area contributed by atoms with E-state index in [1.807, 2.05) is 0 Å². The number of aliphatic hydroxyl groups is 1. The zero-order chi connectivity index (χ0) is 25.4. The first-order chi connectivity index (χ1) is 17.4. The van der Waals surface area contributed by atoms with E-state index in [2.05, 4.69) is 15.3 Å². The molecule has 4 aromatic rings. The molecule has 0 bridgehead atoms. The largest absolute Gasteiger partial charge is 0.506 e. The molecule has 1 aliphatic carbocycles. The zero-order valence-electron chi connectivity index (χ0n) is 18.4. The van der Waals surface area contributed by atoms with Crippen molar-refractivity contribution in [1.82, 2.24) is 4.98 Å². The van der Waals surface area contributed by atoms with Gasteiger partial charge in [-0.25, -0.2) is 9.78 Å². The molecule has 1 aromatic heterocycles. The molecule has 9 heteroatoms.